The lowest BCUT2D eigenvalue weighted by Gasteiger charge is -2.23. The average molecular weight is 436 g/mol. The van der Waals surface area contributed by atoms with Crippen molar-refractivity contribution in [3.63, 3.8) is 0 Å². The molecule has 0 aliphatic rings. The van der Waals surface area contributed by atoms with Crippen LogP contribution >= 0.6 is 34.8 Å². The molecule has 0 fully saturated rings. The molecule has 0 bridgehead atoms. The van der Waals surface area contributed by atoms with Crippen LogP contribution in [0.25, 0.3) is 0 Å². The second kappa shape index (κ2) is 9.30. The van der Waals surface area contributed by atoms with E-state index < -0.39 is 0 Å². The number of rotatable bonds is 6. The van der Waals surface area contributed by atoms with Gasteiger partial charge in [0.05, 0.1) is 10.6 Å². The number of hydrogen-bond acceptors (Lipinski definition) is 3. The summed E-state index contributed by atoms with van der Waals surface area (Å²) in [5, 5.41) is 1.37. The fourth-order valence-corrected chi connectivity index (χ4v) is 3.25. The Morgan fingerprint density at radius 2 is 1.61 bits per heavy atom. The quantitative estimate of drug-likeness (QED) is 0.513. The number of carbonyl (C=O) groups excluding carboxylic acids is 1. The van der Waals surface area contributed by atoms with Gasteiger partial charge in [-0.1, -0.05) is 40.9 Å². The summed E-state index contributed by atoms with van der Waals surface area (Å²) in [6, 6.07) is 19.0. The Bertz CT molecular complexity index is 978. The van der Waals surface area contributed by atoms with Crippen molar-refractivity contribution in [1.29, 1.82) is 0 Å². The number of hydrogen-bond donors (Lipinski definition) is 1. The Morgan fingerprint density at radius 3 is 2.29 bits per heavy atom. The Morgan fingerprint density at radius 1 is 0.893 bits per heavy atom. The molecule has 3 aromatic rings. The van der Waals surface area contributed by atoms with E-state index in [1.807, 2.05) is 6.07 Å². The largest absolute Gasteiger partial charge is 0.457 e. The van der Waals surface area contributed by atoms with Gasteiger partial charge in [0, 0.05) is 34.9 Å². The smallest absolute Gasteiger partial charge is 0.259 e. The molecule has 0 saturated heterocycles. The van der Waals surface area contributed by atoms with Gasteiger partial charge < -0.3 is 15.4 Å². The Kier molecular flexibility index (Phi) is 6.81. The molecule has 0 spiro atoms. The molecule has 7 heteroatoms. The van der Waals surface area contributed by atoms with E-state index in [2.05, 4.69) is 0 Å². The first kappa shape index (κ1) is 20.5. The van der Waals surface area contributed by atoms with Gasteiger partial charge in [0.1, 0.15) is 11.5 Å². The maximum Gasteiger partial charge on any atom is 0.259 e. The first-order valence-electron chi connectivity index (χ1n) is 8.48. The minimum atomic E-state index is -0.268. The zero-order chi connectivity index (χ0) is 20.1. The number of nitrogens with two attached hydrogens (primary N) is 1. The number of nitrogens with zero attached hydrogens (tertiary/aromatic N) is 1. The molecule has 0 unspecified atom stereocenters. The normalized spacial score (nSPS) is 10.6. The first-order chi connectivity index (χ1) is 13.5. The van der Waals surface area contributed by atoms with Gasteiger partial charge in [-0.15, -0.1) is 0 Å². The van der Waals surface area contributed by atoms with Crippen LogP contribution in [0.5, 0.6) is 11.5 Å². The molecule has 0 saturated carbocycles. The molecule has 0 heterocycles. The van der Waals surface area contributed by atoms with Crippen LogP contribution in [-0.4, -0.2) is 19.0 Å². The van der Waals surface area contributed by atoms with Crippen LogP contribution in [-0.2, 0) is 0 Å². The number of ether oxygens (including phenoxy) is 1. The summed E-state index contributed by atoms with van der Waals surface area (Å²) in [6.45, 7) is 0.613. The van der Waals surface area contributed by atoms with Gasteiger partial charge in [-0.05, 0) is 54.6 Å². The highest BCUT2D eigenvalue weighted by atomic mass is 35.5. The summed E-state index contributed by atoms with van der Waals surface area (Å²) in [5.74, 6) is 0.951. The fraction of sp³-hybridized carbons (Fsp3) is 0.0952. The third-order valence-corrected chi connectivity index (χ3v) is 4.74. The zero-order valence-corrected chi connectivity index (χ0v) is 17.0. The highest BCUT2D eigenvalue weighted by Gasteiger charge is 2.20. The van der Waals surface area contributed by atoms with Crippen LogP contribution in [0, 0.1) is 0 Å². The van der Waals surface area contributed by atoms with Gasteiger partial charge in [0.2, 0.25) is 0 Å². The van der Waals surface area contributed by atoms with Crippen LogP contribution in [0.2, 0.25) is 15.1 Å². The SMILES string of the molecule is NCCN(C(=O)c1ccc(Cl)cc1Cl)c1cccc(Oc2ccc(Cl)cc2)c1. The van der Waals surface area contributed by atoms with E-state index in [0.29, 0.717) is 45.9 Å². The highest BCUT2D eigenvalue weighted by Crippen LogP contribution is 2.29. The van der Waals surface area contributed by atoms with E-state index in [4.69, 9.17) is 45.3 Å². The van der Waals surface area contributed by atoms with Crippen molar-refractivity contribution >= 4 is 46.4 Å². The number of anilines is 1. The van der Waals surface area contributed by atoms with Gasteiger partial charge in [0.15, 0.2) is 0 Å². The first-order valence-corrected chi connectivity index (χ1v) is 9.62. The number of halogens is 3. The van der Waals surface area contributed by atoms with E-state index in [9.17, 15) is 4.79 Å². The van der Waals surface area contributed by atoms with Gasteiger partial charge >= 0.3 is 0 Å². The molecule has 0 aliphatic heterocycles. The van der Waals surface area contributed by atoms with E-state index in [0.717, 1.165) is 0 Å². The average Bonchev–Trinajstić information content (AvgIpc) is 2.68. The van der Waals surface area contributed by atoms with Crippen molar-refractivity contribution in [1.82, 2.24) is 0 Å². The molecule has 0 aromatic heterocycles. The fourth-order valence-electron chi connectivity index (χ4n) is 2.64. The van der Waals surface area contributed by atoms with Crippen molar-refractivity contribution in [2.75, 3.05) is 18.0 Å². The highest BCUT2D eigenvalue weighted by molar-refractivity contribution is 6.37. The standard InChI is InChI=1S/C21H17Cl3N2O2/c22-14-4-7-17(8-5-14)28-18-3-1-2-16(13-18)26(11-10-25)21(27)19-9-6-15(23)12-20(19)24/h1-9,12-13H,10-11,25H2. The van der Waals surface area contributed by atoms with Crippen LogP contribution in [0.15, 0.2) is 66.7 Å². The second-order valence-corrected chi connectivity index (χ2v) is 7.20. The van der Waals surface area contributed by atoms with E-state index in [1.165, 1.54) is 6.07 Å². The molecule has 0 aliphatic carbocycles. The zero-order valence-electron chi connectivity index (χ0n) is 14.7. The maximum absolute atomic E-state index is 13.1. The van der Waals surface area contributed by atoms with Crippen molar-refractivity contribution in [3.05, 3.63) is 87.4 Å². The Balaban J connectivity index is 1.89. The summed E-state index contributed by atoms with van der Waals surface area (Å²) in [4.78, 5) is 14.6. The van der Waals surface area contributed by atoms with Crippen molar-refractivity contribution in [2.24, 2.45) is 5.73 Å². The predicted octanol–water partition coefficient (Wildman–Crippen LogP) is 6.04. The van der Waals surface area contributed by atoms with E-state index in [-0.39, 0.29) is 10.9 Å². The van der Waals surface area contributed by atoms with Gasteiger partial charge in [0.25, 0.3) is 5.91 Å². The molecule has 1 amide bonds. The molecule has 28 heavy (non-hydrogen) atoms. The lowest BCUT2D eigenvalue weighted by molar-refractivity contribution is 0.0988. The van der Waals surface area contributed by atoms with Crippen LogP contribution < -0.4 is 15.4 Å². The number of amides is 1. The lowest BCUT2D eigenvalue weighted by atomic mass is 10.1. The number of carbonyl (C=O) groups is 1. The maximum atomic E-state index is 13.1. The molecule has 3 aromatic carbocycles. The third-order valence-electron chi connectivity index (χ3n) is 3.94. The van der Waals surface area contributed by atoms with Crippen LogP contribution in [0.1, 0.15) is 10.4 Å². The molecule has 2 N–H and O–H groups in total. The van der Waals surface area contributed by atoms with Crippen LogP contribution in [0.4, 0.5) is 5.69 Å². The van der Waals surface area contributed by atoms with Gasteiger partial charge in [-0.2, -0.15) is 0 Å². The van der Waals surface area contributed by atoms with Crippen LogP contribution in [0.3, 0.4) is 0 Å². The molecule has 144 valence electrons. The summed E-state index contributed by atoms with van der Waals surface area (Å²) in [7, 11) is 0. The monoisotopic (exact) mass is 434 g/mol. The van der Waals surface area contributed by atoms with Gasteiger partial charge in [-0.3, -0.25) is 4.79 Å². The minimum Gasteiger partial charge on any atom is -0.457 e. The number of benzene rings is 3. The van der Waals surface area contributed by atoms with Crippen molar-refractivity contribution in [2.45, 2.75) is 0 Å². The summed E-state index contributed by atoms with van der Waals surface area (Å²) in [6.07, 6.45) is 0. The molecule has 3 rings (SSSR count). The molecular formula is C21H17Cl3N2O2. The topological polar surface area (TPSA) is 55.6 Å². The third kappa shape index (κ3) is 4.97. The molecular weight excluding hydrogens is 419 g/mol. The van der Waals surface area contributed by atoms with Crippen molar-refractivity contribution in [3.8, 4) is 11.5 Å². The van der Waals surface area contributed by atoms with E-state index >= 15 is 0 Å². The summed E-state index contributed by atoms with van der Waals surface area (Å²) in [5.41, 5.74) is 6.73. The Labute approximate surface area is 178 Å². The van der Waals surface area contributed by atoms with E-state index in [1.54, 1.807) is 59.5 Å². The lowest BCUT2D eigenvalue weighted by Crippen LogP contribution is -2.35. The predicted molar refractivity (Wildman–Crippen MR) is 115 cm³/mol. The summed E-state index contributed by atoms with van der Waals surface area (Å²) < 4.78 is 5.86. The van der Waals surface area contributed by atoms with Gasteiger partial charge in [-0.25, -0.2) is 0 Å². The molecule has 0 atom stereocenters. The molecule has 0 radical (unpaired) electrons. The molecule has 4 nitrogen and oxygen atoms in total. The van der Waals surface area contributed by atoms with Crippen molar-refractivity contribution < 1.29 is 9.53 Å². The Hall–Kier alpha value is -2.24. The minimum absolute atomic E-state index is 0.268. The summed E-state index contributed by atoms with van der Waals surface area (Å²) >= 11 is 18.0. The second-order valence-electron chi connectivity index (χ2n) is 5.92.